The van der Waals surface area contributed by atoms with Gasteiger partial charge in [0.1, 0.15) is 10.6 Å². The first-order chi connectivity index (χ1) is 12.5. The van der Waals surface area contributed by atoms with Crippen LogP contribution in [-0.2, 0) is 9.57 Å². The Morgan fingerprint density at radius 3 is 2.27 bits per heavy atom. The lowest BCUT2D eigenvalue weighted by molar-refractivity contribution is -0.0587. The van der Waals surface area contributed by atoms with Crippen LogP contribution in [0.25, 0.3) is 10.2 Å². The number of esters is 1. The molecule has 0 saturated heterocycles. The van der Waals surface area contributed by atoms with Gasteiger partial charge in [0.2, 0.25) is 0 Å². The number of H-pyrrole nitrogens is 1. The third-order valence-electron chi connectivity index (χ3n) is 3.84. The van der Waals surface area contributed by atoms with Crippen LogP contribution in [0, 0.1) is 0 Å². The number of hydrogen-bond donors (Lipinski definition) is 1. The number of ether oxygens (including phenoxy) is 1. The lowest BCUT2D eigenvalue weighted by atomic mass is 10.1. The summed E-state index contributed by atoms with van der Waals surface area (Å²) < 4.78 is 5.28. The molecule has 3 aromatic rings. The number of imide groups is 1. The summed E-state index contributed by atoms with van der Waals surface area (Å²) in [5.41, 5.74) is 0.963. The van der Waals surface area contributed by atoms with Gasteiger partial charge in [0.05, 0.1) is 28.5 Å². The zero-order chi connectivity index (χ0) is 18.4. The molecule has 3 heterocycles. The Morgan fingerprint density at radius 1 is 1.04 bits per heavy atom. The summed E-state index contributed by atoms with van der Waals surface area (Å²) in [4.78, 5) is 56.4. The Balaban J connectivity index is 1.56. The molecule has 0 fully saturated rings. The molecule has 130 valence electrons. The molecule has 4 rings (SSSR count). The highest BCUT2D eigenvalue weighted by Gasteiger charge is 2.39. The van der Waals surface area contributed by atoms with Crippen LogP contribution in [0.4, 0.5) is 0 Å². The smallest absolute Gasteiger partial charge is 0.380 e. The highest BCUT2D eigenvalue weighted by Crippen LogP contribution is 2.28. The van der Waals surface area contributed by atoms with Gasteiger partial charge in [-0.3, -0.25) is 9.59 Å². The molecule has 1 N–H and O–H groups in total. The number of carbonyl (C=O) groups excluding carboxylic acids is 4. The quantitative estimate of drug-likeness (QED) is 0.560. The van der Waals surface area contributed by atoms with Gasteiger partial charge in [0.25, 0.3) is 11.8 Å². The third-order valence-corrected chi connectivity index (χ3v) is 4.91. The Kier molecular flexibility index (Phi) is 3.58. The maximum Gasteiger partial charge on any atom is 0.380 e. The molecule has 0 radical (unpaired) electrons. The second kappa shape index (κ2) is 5.81. The molecule has 1 aliphatic rings. The van der Waals surface area contributed by atoms with E-state index in [4.69, 9.17) is 4.84 Å². The van der Waals surface area contributed by atoms with Gasteiger partial charge < -0.3 is 14.6 Å². The van der Waals surface area contributed by atoms with E-state index in [1.54, 1.807) is 18.2 Å². The van der Waals surface area contributed by atoms with Crippen LogP contribution in [0.15, 0.2) is 36.4 Å². The van der Waals surface area contributed by atoms with Crippen LogP contribution in [0.2, 0.25) is 0 Å². The first-order valence-corrected chi connectivity index (χ1v) is 8.22. The molecular weight excluding hydrogens is 360 g/mol. The first-order valence-electron chi connectivity index (χ1n) is 7.40. The zero-order valence-corrected chi connectivity index (χ0v) is 14.1. The standard InChI is InChI=1S/C17H10N2O6S/c1-24-17(23)13-6-10-12(26-13)7-11(18-10)16(22)25-19-14(20)8-4-2-3-5-9(8)15(19)21/h2-7,18H,1H3. The lowest BCUT2D eigenvalue weighted by Gasteiger charge is -2.11. The molecular formula is C17H10N2O6S. The number of hydroxylamine groups is 2. The van der Waals surface area contributed by atoms with Gasteiger partial charge in [-0.05, 0) is 24.3 Å². The average Bonchev–Trinajstić information content (AvgIpc) is 3.29. The first kappa shape index (κ1) is 16.0. The van der Waals surface area contributed by atoms with E-state index in [1.807, 2.05) is 0 Å². The number of nitrogens with one attached hydrogen (secondary N) is 1. The van der Waals surface area contributed by atoms with Crippen LogP contribution >= 0.6 is 11.3 Å². The number of aromatic nitrogens is 1. The Hall–Kier alpha value is -3.46. The number of nitrogens with zero attached hydrogens (tertiary/aromatic N) is 1. The van der Waals surface area contributed by atoms with E-state index >= 15 is 0 Å². The Morgan fingerprint density at radius 2 is 1.69 bits per heavy atom. The maximum atomic E-state index is 12.3. The van der Waals surface area contributed by atoms with Gasteiger partial charge in [-0.2, -0.15) is 0 Å². The minimum Gasteiger partial charge on any atom is -0.465 e. The van der Waals surface area contributed by atoms with E-state index in [9.17, 15) is 19.2 Å². The van der Waals surface area contributed by atoms with Crippen LogP contribution in [0.3, 0.4) is 0 Å². The van der Waals surface area contributed by atoms with Crippen molar-refractivity contribution in [2.75, 3.05) is 7.11 Å². The zero-order valence-electron chi connectivity index (χ0n) is 13.3. The second-order valence-corrected chi connectivity index (χ2v) is 6.48. The molecule has 0 saturated carbocycles. The van der Waals surface area contributed by atoms with Crippen LogP contribution < -0.4 is 0 Å². The maximum absolute atomic E-state index is 12.3. The minimum absolute atomic E-state index is 0.0548. The summed E-state index contributed by atoms with van der Waals surface area (Å²) in [5, 5.41) is 0.446. The number of methoxy groups -OCH3 is 1. The predicted octanol–water partition coefficient (Wildman–Crippen LogP) is 2.38. The van der Waals surface area contributed by atoms with Crippen molar-refractivity contribution < 1.29 is 28.8 Å². The van der Waals surface area contributed by atoms with Crippen molar-refractivity contribution in [3.8, 4) is 0 Å². The summed E-state index contributed by atoms with van der Waals surface area (Å²) in [6.45, 7) is 0. The molecule has 26 heavy (non-hydrogen) atoms. The number of carbonyl (C=O) groups is 4. The fourth-order valence-corrected chi connectivity index (χ4v) is 3.59. The van der Waals surface area contributed by atoms with E-state index in [0.717, 1.165) is 11.3 Å². The molecule has 0 spiro atoms. The summed E-state index contributed by atoms with van der Waals surface area (Å²) in [5.74, 6) is -2.75. The van der Waals surface area contributed by atoms with E-state index in [0.29, 0.717) is 20.2 Å². The van der Waals surface area contributed by atoms with E-state index in [-0.39, 0.29) is 16.8 Å². The van der Waals surface area contributed by atoms with Crippen LogP contribution in [0.1, 0.15) is 40.9 Å². The number of hydrogen-bond acceptors (Lipinski definition) is 7. The monoisotopic (exact) mass is 370 g/mol. The van der Waals surface area contributed by atoms with Gasteiger partial charge in [-0.15, -0.1) is 11.3 Å². The van der Waals surface area contributed by atoms with Gasteiger partial charge in [0, 0.05) is 0 Å². The molecule has 1 aliphatic heterocycles. The van der Waals surface area contributed by atoms with Gasteiger partial charge in [-0.1, -0.05) is 17.2 Å². The molecule has 0 aliphatic carbocycles. The van der Waals surface area contributed by atoms with Crippen molar-refractivity contribution >= 4 is 45.3 Å². The van der Waals surface area contributed by atoms with Gasteiger partial charge >= 0.3 is 11.9 Å². The summed E-state index contributed by atoms with van der Waals surface area (Å²) in [7, 11) is 1.28. The minimum atomic E-state index is -0.887. The number of fused-ring (bicyclic) bond motifs is 2. The van der Waals surface area contributed by atoms with Crippen molar-refractivity contribution in [3.05, 3.63) is 58.1 Å². The topological polar surface area (TPSA) is 106 Å². The van der Waals surface area contributed by atoms with Gasteiger partial charge in [-0.25, -0.2) is 9.59 Å². The van der Waals surface area contributed by atoms with Crippen molar-refractivity contribution in [2.24, 2.45) is 0 Å². The van der Waals surface area contributed by atoms with Crippen molar-refractivity contribution in [1.82, 2.24) is 10.0 Å². The highest BCUT2D eigenvalue weighted by molar-refractivity contribution is 7.20. The van der Waals surface area contributed by atoms with Crippen molar-refractivity contribution in [2.45, 2.75) is 0 Å². The van der Waals surface area contributed by atoms with Crippen LogP contribution in [-0.4, -0.2) is 40.9 Å². The number of rotatable bonds is 3. The second-order valence-electron chi connectivity index (χ2n) is 5.39. The average molecular weight is 370 g/mol. The number of benzene rings is 1. The molecule has 2 aromatic heterocycles. The van der Waals surface area contributed by atoms with E-state index in [2.05, 4.69) is 9.72 Å². The molecule has 0 unspecified atom stereocenters. The fourth-order valence-electron chi connectivity index (χ4n) is 2.62. The normalized spacial score (nSPS) is 13.2. The molecule has 8 nitrogen and oxygen atoms in total. The lowest BCUT2D eigenvalue weighted by Crippen LogP contribution is -2.32. The van der Waals surface area contributed by atoms with Crippen molar-refractivity contribution in [1.29, 1.82) is 0 Å². The molecule has 9 heteroatoms. The largest absolute Gasteiger partial charge is 0.465 e. The highest BCUT2D eigenvalue weighted by atomic mass is 32.1. The van der Waals surface area contributed by atoms with Gasteiger partial charge in [0.15, 0.2) is 0 Å². The molecule has 2 amide bonds. The Bertz CT molecular complexity index is 1030. The number of amides is 2. The van der Waals surface area contributed by atoms with Crippen molar-refractivity contribution in [3.63, 3.8) is 0 Å². The molecule has 1 aromatic carbocycles. The van der Waals surface area contributed by atoms with E-state index in [1.165, 1.54) is 25.3 Å². The number of aromatic amines is 1. The fraction of sp³-hybridized carbons (Fsp3) is 0.0588. The van der Waals surface area contributed by atoms with Crippen LogP contribution in [0.5, 0.6) is 0 Å². The van der Waals surface area contributed by atoms with E-state index < -0.39 is 23.8 Å². The Labute approximate surface area is 149 Å². The molecule has 0 atom stereocenters. The predicted molar refractivity (Wildman–Crippen MR) is 89.9 cm³/mol. The SMILES string of the molecule is COC(=O)c1cc2[nH]c(C(=O)ON3C(=O)c4ccccc4C3=O)cc2s1. The summed E-state index contributed by atoms with van der Waals surface area (Å²) >= 11 is 1.14. The summed E-state index contributed by atoms with van der Waals surface area (Å²) in [6.07, 6.45) is 0. The molecule has 0 bridgehead atoms. The summed E-state index contributed by atoms with van der Waals surface area (Å²) in [6, 6.07) is 9.24. The number of thiophene rings is 1. The third kappa shape index (κ3) is 2.37.